The molecule has 0 spiro atoms. The summed E-state index contributed by atoms with van der Waals surface area (Å²) in [6, 6.07) is 14.0. The number of ether oxygens (including phenoxy) is 1. The Morgan fingerprint density at radius 2 is 1.75 bits per heavy atom. The number of hydrogen-bond donors (Lipinski definition) is 1. The molecule has 0 unspecified atom stereocenters. The van der Waals surface area contributed by atoms with E-state index in [0.717, 1.165) is 5.56 Å². The third kappa shape index (κ3) is 4.94. The van der Waals surface area contributed by atoms with E-state index < -0.39 is 36.1 Å². The standard InChI is InChI=1S/C25H25FN2O4/c1-15-8-7-9-19(12-15)24(30)27-17(3)25(31)32-14-23(29)20-13-16(2)28(18(20)4)22-11-6-5-10-21(22)26/h5-13,17H,14H2,1-4H3,(H,27,30)/t17-/m0/s1. The van der Waals surface area contributed by atoms with Crippen LogP contribution in [0.3, 0.4) is 0 Å². The minimum absolute atomic E-state index is 0.339. The van der Waals surface area contributed by atoms with Crippen molar-refractivity contribution in [2.75, 3.05) is 6.61 Å². The molecule has 0 bridgehead atoms. The van der Waals surface area contributed by atoms with Crippen molar-refractivity contribution >= 4 is 17.7 Å². The maximum Gasteiger partial charge on any atom is 0.328 e. The third-order valence-electron chi connectivity index (χ3n) is 5.15. The number of amides is 1. The van der Waals surface area contributed by atoms with Gasteiger partial charge in [-0.1, -0.05) is 29.8 Å². The Hall–Kier alpha value is -3.74. The summed E-state index contributed by atoms with van der Waals surface area (Å²) in [6.45, 7) is 6.35. The van der Waals surface area contributed by atoms with Crippen molar-refractivity contribution in [2.24, 2.45) is 0 Å². The monoisotopic (exact) mass is 436 g/mol. The molecule has 1 heterocycles. The number of nitrogens with one attached hydrogen (secondary N) is 1. The Balaban J connectivity index is 1.64. The van der Waals surface area contributed by atoms with Gasteiger partial charge in [-0.15, -0.1) is 0 Å². The topological polar surface area (TPSA) is 77.4 Å². The van der Waals surface area contributed by atoms with Crippen molar-refractivity contribution in [3.8, 4) is 5.69 Å². The first-order chi connectivity index (χ1) is 15.2. The van der Waals surface area contributed by atoms with E-state index in [0.29, 0.717) is 28.2 Å². The number of carbonyl (C=O) groups excluding carboxylic acids is 3. The van der Waals surface area contributed by atoms with E-state index in [2.05, 4.69) is 5.32 Å². The van der Waals surface area contributed by atoms with Gasteiger partial charge >= 0.3 is 5.97 Å². The number of aromatic nitrogens is 1. The van der Waals surface area contributed by atoms with Gasteiger partial charge in [-0.05, 0) is 58.0 Å². The molecule has 0 fully saturated rings. The molecule has 3 aromatic rings. The van der Waals surface area contributed by atoms with E-state index in [1.807, 2.05) is 13.0 Å². The van der Waals surface area contributed by atoms with Crippen molar-refractivity contribution in [2.45, 2.75) is 33.7 Å². The van der Waals surface area contributed by atoms with Gasteiger partial charge in [-0.2, -0.15) is 0 Å². The lowest BCUT2D eigenvalue weighted by molar-refractivity contribution is -0.144. The number of carbonyl (C=O) groups is 3. The van der Waals surface area contributed by atoms with Gasteiger partial charge in [0, 0.05) is 22.5 Å². The second kappa shape index (κ2) is 9.60. The highest BCUT2D eigenvalue weighted by atomic mass is 19.1. The number of halogens is 1. The molecule has 3 rings (SSSR count). The summed E-state index contributed by atoms with van der Waals surface area (Å²) in [6.07, 6.45) is 0. The number of para-hydroxylation sites is 1. The molecular formula is C25H25FN2O4. The van der Waals surface area contributed by atoms with Gasteiger partial charge in [0.2, 0.25) is 5.78 Å². The molecule has 0 radical (unpaired) electrons. The molecule has 6 nitrogen and oxygen atoms in total. The normalized spacial score (nSPS) is 11.7. The van der Waals surface area contributed by atoms with Crippen LogP contribution in [0.25, 0.3) is 5.69 Å². The van der Waals surface area contributed by atoms with E-state index in [1.54, 1.807) is 60.9 Å². The van der Waals surface area contributed by atoms with Crippen LogP contribution >= 0.6 is 0 Å². The van der Waals surface area contributed by atoms with Crippen LogP contribution in [0.4, 0.5) is 4.39 Å². The molecular weight excluding hydrogens is 411 g/mol. The van der Waals surface area contributed by atoms with Gasteiger partial charge in [0.25, 0.3) is 5.91 Å². The average molecular weight is 436 g/mol. The van der Waals surface area contributed by atoms with Gasteiger partial charge < -0.3 is 14.6 Å². The zero-order chi connectivity index (χ0) is 23.4. The van der Waals surface area contributed by atoms with E-state index in [9.17, 15) is 18.8 Å². The highest BCUT2D eigenvalue weighted by molar-refractivity contribution is 6.00. The molecule has 166 valence electrons. The molecule has 2 aromatic carbocycles. The minimum atomic E-state index is -0.929. The molecule has 0 saturated heterocycles. The lowest BCUT2D eigenvalue weighted by Gasteiger charge is -2.14. The van der Waals surface area contributed by atoms with Gasteiger partial charge in [-0.3, -0.25) is 9.59 Å². The predicted octanol–water partition coefficient (Wildman–Crippen LogP) is 4.09. The first-order valence-corrected chi connectivity index (χ1v) is 10.2. The Labute approximate surface area is 186 Å². The molecule has 1 aromatic heterocycles. The van der Waals surface area contributed by atoms with Crippen LogP contribution in [0.1, 0.15) is 44.6 Å². The molecule has 0 aliphatic carbocycles. The van der Waals surface area contributed by atoms with Crippen molar-refractivity contribution in [1.82, 2.24) is 9.88 Å². The van der Waals surface area contributed by atoms with Gasteiger partial charge in [0.05, 0.1) is 5.69 Å². The fraction of sp³-hybridized carbons (Fsp3) is 0.240. The quantitative estimate of drug-likeness (QED) is 0.447. The Bertz CT molecular complexity index is 1180. The molecule has 32 heavy (non-hydrogen) atoms. The van der Waals surface area contributed by atoms with Crippen LogP contribution in [0.5, 0.6) is 0 Å². The summed E-state index contributed by atoms with van der Waals surface area (Å²) < 4.78 is 21.0. The lowest BCUT2D eigenvalue weighted by Crippen LogP contribution is -2.40. The van der Waals surface area contributed by atoms with Crippen molar-refractivity contribution in [3.05, 3.63) is 88.5 Å². The van der Waals surface area contributed by atoms with Crippen molar-refractivity contribution < 1.29 is 23.5 Å². The molecule has 1 atom stereocenters. The Morgan fingerprint density at radius 1 is 1.03 bits per heavy atom. The largest absolute Gasteiger partial charge is 0.456 e. The minimum Gasteiger partial charge on any atom is -0.456 e. The smallest absolute Gasteiger partial charge is 0.328 e. The van der Waals surface area contributed by atoms with Crippen LogP contribution in [0, 0.1) is 26.6 Å². The summed E-state index contributed by atoms with van der Waals surface area (Å²) in [5.74, 6) is -1.94. The molecule has 7 heteroatoms. The summed E-state index contributed by atoms with van der Waals surface area (Å²) >= 11 is 0. The van der Waals surface area contributed by atoms with Crippen LogP contribution < -0.4 is 5.32 Å². The molecule has 0 saturated carbocycles. The van der Waals surface area contributed by atoms with E-state index in [1.165, 1.54) is 13.0 Å². The van der Waals surface area contributed by atoms with Crippen LogP contribution in [0.15, 0.2) is 54.6 Å². The van der Waals surface area contributed by atoms with E-state index in [4.69, 9.17) is 4.74 Å². The van der Waals surface area contributed by atoms with E-state index in [-0.39, 0.29) is 0 Å². The summed E-state index contributed by atoms with van der Waals surface area (Å²) in [5, 5.41) is 2.57. The number of nitrogens with zero attached hydrogens (tertiary/aromatic N) is 1. The molecule has 0 aliphatic rings. The maximum absolute atomic E-state index is 14.2. The number of Topliss-reactive ketones (excluding diaryl/α,β-unsaturated/α-hetero) is 1. The molecule has 1 N–H and O–H groups in total. The van der Waals surface area contributed by atoms with E-state index >= 15 is 0 Å². The van der Waals surface area contributed by atoms with Gasteiger partial charge in [0.1, 0.15) is 11.9 Å². The zero-order valence-corrected chi connectivity index (χ0v) is 18.4. The number of ketones is 1. The number of esters is 1. The van der Waals surface area contributed by atoms with Crippen LogP contribution in [0.2, 0.25) is 0 Å². The Kier molecular flexibility index (Phi) is 6.88. The number of hydrogen-bond acceptors (Lipinski definition) is 4. The summed E-state index contributed by atoms with van der Waals surface area (Å²) in [4.78, 5) is 37.3. The van der Waals surface area contributed by atoms with Crippen LogP contribution in [-0.2, 0) is 9.53 Å². The van der Waals surface area contributed by atoms with Gasteiger partial charge in [-0.25, -0.2) is 9.18 Å². The second-order valence-electron chi connectivity index (χ2n) is 7.67. The number of benzene rings is 2. The molecule has 1 amide bonds. The first-order valence-electron chi connectivity index (χ1n) is 10.2. The number of rotatable bonds is 7. The molecule has 0 aliphatic heterocycles. The first kappa shape index (κ1) is 22.9. The van der Waals surface area contributed by atoms with Crippen molar-refractivity contribution in [1.29, 1.82) is 0 Å². The second-order valence-corrected chi connectivity index (χ2v) is 7.67. The fourth-order valence-corrected chi connectivity index (χ4v) is 3.51. The SMILES string of the molecule is Cc1cccc(C(=O)N[C@@H](C)C(=O)OCC(=O)c2cc(C)n(-c3ccccc3F)c2C)c1. The maximum atomic E-state index is 14.2. The summed E-state index contributed by atoms with van der Waals surface area (Å²) in [5.41, 5.74) is 3.27. The highest BCUT2D eigenvalue weighted by Crippen LogP contribution is 2.23. The van der Waals surface area contributed by atoms with Crippen LogP contribution in [-0.4, -0.2) is 34.9 Å². The lowest BCUT2D eigenvalue weighted by atomic mass is 10.1. The fourth-order valence-electron chi connectivity index (χ4n) is 3.51. The Morgan fingerprint density at radius 3 is 2.44 bits per heavy atom. The third-order valence-corrected chi connectivity index (χ3v) is 5.15. The average Bonchev–Trinajstić information content (AvgIpc) is 3.06. The highest BCUT2D eigenvalue weighted by Gasteiger charge is 2.22. The summed E-state index contributed by atoms with van der Waals surface area (Å²) in [7, 11) is 0. The number of aryl methyl sites for hydroxylation is 2. The van der Waals surface area contributed by atoms with Crippen molar-refractivity contribution in [3.63, 3.8) is 0 Å². The zero-order valence-electron chi connectivity index (χ0n) is 18.4. The van der Waals surface area contributed by atoms with Gasteiger partial charge in [0.15, 0.2) is 6.61 Å². The predicted molar refractivity (Wildman–Crippen MR) is 119 cm³/mol.